The Labute approximate surface area is 145 Å². The van der Waals surface area contributed by atoms with Gasteiger partial charge in [-0.3, -0.25) is 4.79 Å². The molecule has 1 aromatic heterocycles. The first-order valence-electron chi connectivity index (χ1n) is 7.76. The van der Waals surface area contributed by atoms with Gasteiger partial charge in [-0.05, 0) is 26.3 Å². The van der Waals surface area contributed by atoms with Gasteiger partial charge in [-0.25, -0.2) is 9.78 Å². The predicted molar refractivity (Wildman–Crippen MR) is 96.0 cm³/mol. The minimum Gasteiger partial charge on any atom is -0.334 e. The third-order valence-electron chi connectivity index (χ3n) is 3.35. The fourth-order valence-electron chi connectivity index (χ4n) is 2.09. The summed E-state index contributed by atoms with van der Waals surface area (Å²) in [5.41, 5.74) is 1.01. The molecule has 0 aliphatic heterocycles. The molecular weight excluding hydrogens is 324 g/mol. The van der Waals surface area contributed by atoms with Gasteiger partial charge in [0, 0.05) is 23.7 Å². The Bertz CT molecular complexity index is 685. The number of aromatic nitrogens is 1. The number of hydrogen-bond acceptors (Lipinski definition) is 4. The van der Waals surface area contributed by atoms with Crippen molar-refractivity contribution in [2.75, 3.05) is 11.9 Å². The molecule has 6 nitrogen and oxygen atoms in total. The Morgan fingerprint density at radius 3 is 2.54 bits per heavy atom. The van der Waals surface area contributed by atoms with Crippen LogP contribution in [0.2, 0.25) is 0 Å². The van der Waals surface area contributed by atoms with E-state index in [0.717, 1.165) is 10.4 Å². The Balaban J connectivity index is 1.90. The summed E-state index contributed by atoms with van der Waals surface area (Å²) in [6.45, 7) is 6.09. The van der Waals surface area contributed by atoms with Crippen LogP contribution in [0.1, 0.15) is 24.3 Å². The molecule has 0 atom stereocenters. The molecule has 0 bridgehead atoms. The maximum atomic E-state index is 12.4. The zero-order valence-electron chi connectivity index (χ0n) is 14.1. The highest BCUT2D eigenvalue weighted by Crippen LogP contribution is 2.16. The molecule has 128 valence electrons. The van der Waals surface area contributed by atoms with Gasteiger partial charge in [0.1, 0.15) is 6.54 Å². The lowest BCUT2D eigenvalue weighted by atomic mass is 10.2. The second kappa shape index (κ2) is 8.44. The molecule has 3 amide bonds. The van der Waals surface area contributed by atoms with Crippen LogP contribution >= 0.6 is 11.3 Å². The smallest absolute Gasteiger partial charge is 0.318 e. The maximum Gasteiger partial charge on any atom is 0.318 e. The summed E-state index contributed by atoms with van der Waals surface area (Å²) in [4.78, 5) is 31.1. The molecule has 0 fully saturated rings. The van der Waals surface area contributed by atoms with E-state index in [1.165, 1.54) is 16.2 Å². The lowest BCUT2D eigenvalue weighted by Gasteiger charge is -2.26. The first-order chi connectivity index (χ1) is 11.5. The van der Waals surface area contributed by atoms with Crippen molar-refractivity contribution in [1.29, 1.82) is 0 Å². The molecule has 0 spiro atoms. The number of carbonyl (C=O) groups excluding carboxylic acids is 2. The van der Waals surface area contributed by atoms with Crippen molar-refractivity contribution >= 4 is 28.4 Å². The number of benzene rings is 1. The Morgan fingerprint density at radius 2 is 1.96 bits per heavy atom. The van der Waals surface area contributed by atoms with E-state index in [2.05, 4.69) is 15.6 Å². The lowest BCUT2D eigenvalue weighted by Crippen LogP contribution is -2.47. The molecule has 0 aliphatic rings. The van der Waals surface area contributed by atoms with Crippen molar-refractivity contribution in [3.8, 4) is 0 Å². The summed E-state index contributed by atoms with van der Waals surface area (Å²) in [7, 11) is 0. The molecule has 0 unspecified atom stereocenters. The number of thiazole rings is 1. The van der Waals surface area contributed by atoms with Gasteiger partial charge in [-0.1, -0.05) is 30.3 Å². The summed E-state index contributed by atoms with van der Waals surface area (Å²) in [6.07, 6.45) is 1.70. The fourth-order valence-corrected chi connectivity index (χ4v) is 2.77. The van der Waals surface area contributed by atoms with Crippen LogP contribution < -0.4 is 10.6 Å². The number of aryl methyl sites for hydroxylation is 1. The Morgan fingerprint density at radius 1 is 1.25 bits per heavy atom. The zero-order valence-corrected chi connectivity index (χ0v) is 14.9. The zero-order chi connectivity index (χ0) is 17.5. The van der Waals surface area contributed by atoms with Crippen molar-refractivity contribution in [2.45, 2.75) is 33.4 Å². The molecule has 0 saturated carbocycles. The number of rotatable bonds is 6. The minimum atomic E-state index is -0.265. The number of urea groups is 1. The lowest BCUT2D eigenvalue weighted by molar-refractivity contribution is -0.117. The van der Waals surface area contributed by atoms with Crippen LogP contribution in [-0.2, 0) is 11.3 Å². The summed E-state index contributed by atoms with van der Waals surface area (Å²) < 4.78 is 0. The Hall–Kier alpha value is -2.41. The molecule has 0 saturated heterocycles. The number of nitrogens with one attached hydrogen (secondary N) is 2. The van der Waals surface area contributed by atoms with E-state index < -0.39 is 0 Å². The quantitative estimate of drug-likeness (QED) is 0.844. The first-order valence-corrected chi connectivity index (χ1v) is 8.58. The molecule has 2 rings (SSSR count). The van der Waals surface area contributed by atoms with Crippen LogP contribution in [0, 0.1) is 6.92 Å². The predicted octanol–water partition coefficient (Wildman–Crippen LogP) is 3.01. The molecule has 2 aromatic rings. The SMILES string of the molecule is Cc1cnc(NC(=O)CN(C(=O)NCc2ccccc2)C(C)C)s1. The van der Waals surface area contributed by atoms with Crippen LogP contribution in [0.5, 0.6) is 0 Å². The van der Waals surface area contributed by atoms with E-state index in [1.54, 1.807) is 6.20 Å². The van der Waals surface area contributed by atoms with Gasteiger partial charge >= 0.3 is 6.03 Å². The van der Waals surface area contributed by atoms with E-state index in [4.69, 9.17) is 0 Å². The van der Waals surface area contributed by atoms with Gasteiger partial charge < -0.3 is 15.5 Å². The van der Waals surface area contributed by atoms with E-state index in [-0.39, 0.29) is 24.5 Å². The van der Waals surface area contributed by atoms with Crippen molar-refractivity contribution < 1.29 is 9.59 Å². The monoisotopic (exact) mass is 346 g/mol. The van der Waals surface area contributed by atoms with Gasteiger partial charge in [0.25, 0.3) is 0 Å². The molecule has 24 heavy (non-hydrogen) atoms. The number of nitrogens with zero attached hydrogens (tertiary/aromatic N) is 2. The molecule has 2 N–H and O–H groups in total. The summed E-state index contributed by atoms with van der Waals surface area (Å²) >= 11 is 1.41. The van der Waals surface area contributed by atoms with Crippen LogP contribution in [0.4, 0.5) is 9.93 Å². The highest BCUT2D eigenvalue weighted by atomic mass is 32.1. The summed E-state index contributed by atoms with van der Waals surface area (Å²) in [5, 5.41) is 6.12. The van der Waals surface area contributed by atoms with Crippen LogP contribution in [0.15, 0.2) is 36.5 Å². The van der Waals surface area contributed by atoms with Crippen molar-refractivity contribution in [2.24, 2.45) is 0 Å². The number of carbonyl (C=O) groups is 2. The van der Waals surface area contributed by atoms with Crippen LogP contribution in [0.25, 0.3) is 0 Å². The second-order valence-electron chi connectivity index (χ2n) is 5.69. The topological polar surface area (TPSA) is 74.3 Å². The largest absolute Gasteiger partial charge is 0.334 e. The standard InChI is InChI=1S/C17H22N4O2S/c1-12(2)21(11-15(22)20-16-18-9-13(3)24-16)17(23)19-10-14-7-5-4-6-8-14/h4-9,12H,10-11H2,1-3H3,(H,19,23)(H,18,20,22). The number of hydrogen-bond donors (Lipinski definition) is 2. The van der Waals surface area contributed by atoms with E-state index >= 15 is 0 Å². The molecule has 7 heteroatoms. The highest BCUT2D eigenvalue weighted by molar-refractivity contribution is 7.15. The Kier molecular flexibility index (Phi) is 6.31. The normalized spacial score (nSPS) is 10.5. The third kappa shape index (κ3) is 5.34. The summed E-state index contributed by atoms with van der Waals surface area (Å²) in [5.74, 6) is -0.257. The van der Waals surface area contributed by atoms with Crippen LogP contribution in [0.3, 0.4) is 0 Å². The first kappa shape index (κ1) is 17.9. The summed E-state index contributed by atoms with van der Waals surface area (Å²) in [6, 6.07) is 9.30. The van der Waals surface area contributed by atoms with Gasteiger partial charge in [-0.2, -0.15) is 0 Å². The molecule has 1 aromatic carbocycles. The van der Waals surface area contributed by atoms with Gasteiger partial charge in [0.15, 0.2) is 5.13 Å². The van der Waals surface area contributed by atoms with Gasteiger partial charge in [0.2, 0.25) is 5.91 Å². The average Bonchev–Trinajstić information content (AvgIpc) is 2.96. The fraction of sp³-hybridized carbons (Fsp3) is 0.353. The second-order valence-corrected chi connectivity index (χ2v) is 6.92. The maximum absolute atomic E-state index is 12.4. The van der Waals surface area contributed by atoms with E-state index in [1.807, 2.05) is 51.1 Å². The van der Waals surface area contributed by atoms with E-state index in [0.29, 0.717) is 11.7 Å². The molecule has 0 radical (unpaired) electrons. The molecule has 1 heterocycles. The number of amides is 3. The van der Waals surface area contributed by atoms with Crippen LogP contribution in [-0.4, -0.2) is 34.4 Å². The van der Waals surface area contributed by atoms with Crippen molar-refractivity contribution in [3.05, 3.63) is 47.0 Å². The average molecular weight is 346 g/mol. The van der Waals surface area contributed by atoms with Crippen molar-refractivity contribution in [1.82, 2.24) is 15.2 Å². The molecular formula is C17H22N4O2S. The van der Waals surface area contributed by atoms with Crippen molar-refractivity contribution in [3.63, 3.8) is 0 Å². The highest BCUT2D eigenvalue weighted by Gasteiger charge is 2.20. The third-order valence-corrected chi connectivity index (χ3v) is 4.18. The molecule has 0 aliphatic carbocycles. The van der Waals surface area contributed by atoms with E-state index in [9.17, 15) is 9.59 Å². The van der Waals surface area contributed by atoms with Gasteiger partial charge in [0.05, 0.1) is 0 Å². The number of anilines is 1. The minimum absolute atomic E-state index is 0.0169. The van der Waals surface area contributed by atoms with Gasteiger partial charge in [-0.15, -0.1) is 11.3 Å².